The van der Waals surface area contributed by atoms with Gasteiger partial charge in [0.2, 0.25) is 0 Å². The molecule has 0 radical (unpaired) electrons. The van der Waals surface area contributed by atoms with E-state index in [4.69, 9.17) is 25.8 Å². The van der Waals surface area contributed by atoms with Crippen LogP contribution in [0.4, 0.5) is 0 Å². The van der Waals surface area contributed by atoms with E-state index < -0.39 is 0 Å². The zero-order valence-corrected chi connectivity index (χ0v) is 19.1. The summed E-state index contributed by atoms with van der Waals surface area (Å²) in [5, 5.41) is 4.06. The molecule has 0 unspecified atom stereocenters. The largest absolute Gasteiger partial charge is 0.486 e. The Kier molecular flexibility index (Phi) is 9.25. The van der Waals surface area contributed by atoms with Crippen LogP contribution in [0.5, 0.6) is 11.5 Å². The molecule has 0 spiro atoms. The van der Waals surface area contributed by atoms with E-state index >= 15 is 0 Å². The summed E-state index contributed by atoms with van der Waals surface area (Å²) in [6.07, 6.45) is 3.32. The predicted octanol–water partition coefficient (Wildman–Crippen LogP) is 3.35. The second-order valence-corrected chi connectivity index (χ2v) is 6.87. The van der Waals surface area contributed by atoms with Gasteiger partial charge in [0.25, 0.3) is 0 Å². The van der Waals surface area contributed by atoms with Gasteiger partial charge in [-0.05, 0) is 43.9 Å². The van der Waals surface area contributed by atoms with Crippen molar-refractivity contribution in [1.29, 1.82) is 0 Å². The third-order valence-electron chi connectivity index (χ3n) is 4.71. The molecular weight excluding hydrogens is 481 g/mol. The Balaban J connectivity index is 0.00000261. The summed E-state index contributed by atoms with van der Waals surface area (Å²) >= 11 is 6.31. The average molecular weight is 510 g/mol. The number of aliphatic imine (C=N–C) groups is 1. The quantitative estimate of drug-likeness (QED) is 0.375. The lowest BCUT2D eigenvalue weighted by Crippen LogP contribution is -2.47. The number of guanidine groups is 1. The SMILES string of the molecule is CCOC1CCN(C(=NC)NCCc2cc(Cl)c3c(c2)OCCO3)CC1.I. The number of ether oxygens (including phenoxy) is 3. The summed E-state index contributed by atoms with van der Waals surface area (Å²) in [5.74, 6) is 2.34. The van der Waals surface area contributed by atoms with Gasteiger partial charge in [-0.15, -0.1) is 24.0 Å². The first-order valence-corrected chi connectivity index (χ1v) is 9.74. The van der Waals surface area contributed by atoms with E-state index in [2.05, 4.69) is 22.1 Å². The molecule has 1 aromatic carbocycles. The zero-order valence-electron chi connectivity index (χ0n) is 16.0. The topological polar surface area (TPSA) is 55.3 Å². The molecule has 152 valence electrons. The van der Waals surface area contributed by atoms with Crippen LogP contribution >= 0.6 is 35.6 Å². The smallest absolute Gasteiger partial charge is 0.193 e. The number of likely N-dealkylation sites (tertiary alicyclic amines) is 1. The van der Waals surface area contributed by atoms with Crippen LogP contribution in [0.3, 0.4) is 0 Å². The van der Waals surface area contributed by atoms with Gasteiger partial charge in [0, 0.05) is 33.3 Å². The molecule has 6 nitrogen and oxygen atoms in total. The lowest BCUT2D eigenvalue weighted by atomic mass is 10.1. The van der Waals surface area contributed by atoms with Crippen LogP contribution in [-0.4, -0.2) is 63.5 Å². The van der Waals surface area contributed by atoms with Crippen molar-refractivity contribution >= 4 is 41.5 Å². The Bertz CT molecular complexity index is 637. The maximum atomic E-state index is 6.31. The van der Waals surface area contributed by atoms with E-state index in [9.17, 15) is 0 Å². The summed E-state index contributed by atoms with van der Waals surface area (Å²) in [5.41, 5.74) is 1.12. The molecule has 27 heavy (non-hydrogen) atoms. The third kappa shape index (κ3) is 6.02. The van der Waals surface area contributed by atoms with E-state index in [0.717, 1.165) is 62.8 Å². The monoisotopic (exact) mass is 509 g/mol. The highest BCUT2D eigenvalue weighted by Gasteiger charge is 2.21. The fourth-order valence-corrected chi connectivity index (χ4v) is 3.72. The number of rotatable bonds is 5. The highest BCUT2D eigenvalue weighted by atomic mass is 127. The molecule has 0 atom stereocenters. The Labute approximate surface area is 183 Å². The van der Waals surface area contributed by atoms with Crippen LogP contribution < -0.4 is 14.8 Å². The van der Waals surface area contributed by atoms with Gasteiger partial charge in [0.15, 0.2) is 17.5 Å². The lowest BCUT2D eigenvalue weighted by Gasteiger charge is -2.34. The maximum absolute atomic E-state index is 6.31. The predicted molar refractivity (Wildman–Crippen MR) is 119 cm³/mol. The minimum Gasteiger partial charge on any atom is -0.486 e. The van der Waals surface area contributed by atoms with Crippen LogP contribution in [0.25, 0.3) is 0 Å². The molecule has 1 fully saturated rings. The average Bonchev–Trinajstić information content (AvgIpc) is 2.66. The number of benzene rings is 1. The van der Waals surface area contributed by atoms with E-state index in [-0.39, 0.29) is 24.0 Å². The van der Waals surface area contributed by atoms with Crippen LogP contribution in [0.2, 0.25) is 5.02 Å². The highest BCUT2D eigenvalue weighted by molar-refractivity contribution is 14.0. The molecule has 0 bridgehead atoms. The Morgan fingerprint density at radius 1 is 1.30 bits per heavy atom. The lowest BCUT2D eigenvalue weighted by molar-refractivity contribution is 0.0264. The normalized spacial score (nSPS) is 17.4. The molecule has 1 aromatic rings. The van der Waals surface area contributed by atoms with Crippen molar-refractivity contribution in [3.8, 4) is 11.5 Å². The molecule has 8 heteroatoms. The maximum Gasteiger partial charge on any atom is 0.193 e. The minimum absolute atomic E-state index is 0. The van der Waals surface area contributed by atoms with Gasteiger partial charge in [-0.1, -0.05) is 11.6 Å². The van der Waals surface area contributed by atoms with Crippen LogP contribution in [0.15, 0.2) is 17.1 Å². The summed E-state index contributed by atoms with van der Waals surface area (Å²) in [6.45, 7) is 6.68. The molecular formula is C19H29ClIN3O3. The number of hydrogen-bond acceptors (Lipinski definition) is 4. The Morgan fingerprint density at radius 3 is 2.74 bits per heavy atom. The summed E-state index contributed by atoms with van der Waals surface area (Å²) < 4.78 is 16.9. The molecule has 1 saturated heterocycles. The molecule has 0 saturated carbocycles. The van der Waals surface area contributed by atoms with E-state index in [0.29, 0.717) is 30.1 Å². The molecule has 2 heterocycles. The van der Waals surface area contributed by atoms with E-state index in [1.807, 2.05) is 19.2 Å². The van der Waals surface area contributed by atoms with Gasteiger partial charge in [0.05, 0.1) is 11.1 Å². The van der Waals surface area contributed by atoms with Crippen molar-refractivity contribution in [2.45, 2.75) is 32.3 Å². The first kappa shape index (κ1) is 22.4. The van der Waals surface area contributed by atoms with Gasteiger partial charge in [-0.2, -0.15) is 0 Å². The van der Waals surface area contributed by atoms with Crippen molar-refractivity contribution in [3.05, 3.63) is 22.7 Å². The summed E-state index contributed by atoms with van der Waals surface area (Å²) in [4.78, 5) is 6.72. The molecule has 1 N–H and O–H groups in total. The minimum atomic E-state index is 0. The summed E-state index contributed by atoms with van der Waals surface area (Å²) in [7, 11) is 1.83. The number of nitrogens with zero attached hydrogens (tertiary/aromatic N) is 2. The van der Waals surface area contributed by atoms with Crippen molar-refractivity contribution in [2.75, 3.05) is 46.5 Å². The van der Waals surface area contributed by atoms with E-state index in [1.165, 1.54) is 0 Å². The third-order valence-corrected chi connectivity index (χ3v) is 4.99. The molecule has 2 aliphatic rings. The number of halogens is 2. The van der Waals surface area contributed by atoms with Crippen molar-refractivity contribution in [2.24, 2.45) is 4.99 Å². The highest BCUT2D eigenvalue weighted by Crippen LogP contribution is 2.38. The van der Waals surface area contributed by atoms with Gasteiger partial charge < -0.3 is 24.4 Å². The Morgan fingerprint density at radius 2 is 2.04 bits per heavy atom. The van der Waals surface area contributed by atoms with Crippen molar-refractivity contribution in [3.63, 3.8) is 0 Å². The van der Waals surface area contributed by atoms with Gasteiger partial charge >= 0.3 is 0 Å². The standard InChI is InChI=1S/C19H28ClN3O3.HI/c1-3-24-15-5-8-23(9-6-15)19(21-2)22-7-4-14-12-16(20)18-17(13-14)25-10-11-26-18;/h12-13,15H,3-11H2,1-2H3,(H,21,22);1H. The van der Waals surface area contributed by atoms with Crippen molar-refractivity contribution in [1.82, 2.24) is 10.2 Å². The van der Waals surface area contributed by atoms with Crippen LogP contribution in [-0.2, 0) is 11.2 Å². The Hall–Kier alpha value is -0.930. The van der Waals surface area contributed by atoms with Gasteiger partial charge in [-0.25, -0.2) is 0 Å². The second kappa shape index (κ2) is 11.2. The molecule has 0 aromatic heterocycles. The molecule has 0 amide bonds. The van der Waals surface area contributed by atoms with E-state index in [1.54, 1.807) is 0 Å². The molecule has 3 rings (SSSR count). The van der Waals surface area contributed by atoms with Gasteiger partial charge in [-0.3, -0.25) is 4.99 Å². The number of fused-ring (bicyclic) bond motifs is 1. The number of piperidine rings is 1. The second-order valence-electron chi connectivity index (χ2n) is 6.47. The first-order chi connectivity index (χ1) is 12.7. The number of nitrogens with one attached hydrogen (secondary N) is 1. The molecule has 0 aliphatic carbocycles. The fraction of sp³-hybridized carbons (Fsp3) is 0.632. The van der Waals surface area contributed by atoms with Gasteiger partial charge in [0.1, 0.15) is 13.2 Å². The van der Waals surface area contributed by atoms with Crippen LogP contribution in [0, 0.1) is 0 Å². The first-order valence-electron chi connectivity index (χ1n) is 9.36. The number of hydrogen-bond donors (Lipinski definition) is 1. The van der Waals surface area contributed by atoms with Crippen LogP contribution in [0.1, 0.15) is 25.3 Å². The fourth-order valence-electron chi connectivity index (χ4n) is 3.43. The summed E-state index contributed by atoms with van der Waals surface area (Å²) in [6, 6.07) is 3.96. The molecule has 2 aliphatic heterocycles. The van der Waals surface area contributed by atoms with Crippen molar-refractivity contribution < 1.29 is 14.2 Å². The zero-order chi connectivity index (χ0) is 18.4.